The van der Waals surface area contributed by atoms with Gasteiger partial charge in [-0.25, -0.2) is 12.8 Å². The van der Waals surface area contributed by atoms with Gasteiger partial charge in [0.25, 0.3) is 10.0 Å². The minimum atomic E-state index is -3.93. The van der Waals surface area contributed by atoms with Crippen LogP contribution in [0.25, 0.3) is 0 Å². The SMILES string of the molecule is O=C(O)C(Cc1ccc(F)cc1)NS(=O)(=O)c1ccc(Br)s1. The van der Waals surface area contributed by atoms with Crippen molar-refractivity contribution in [1.82, 2.24) is 4.72 Å². The van der Waals surface area contributed by atoms with E-state index in [9.17, 15) is 22.7 Å². The quantitative estimate of drug-likeness (QED) is 0.770. The van der Waals surface area contributed by atoms with Gasteiger partial charge in [-0.05, 0) is 52.2 Å². The van der Waals surface area contributed by atoms with Crippen molar-refractivity contribution in [2.75, 3.05) is 0 Å². The lowest BCUT2D eigenvalue weighted by Crippen LogP contribution is -2.42. The van der Waals surface area contributed by atoms with Crippen LogP contribution in [0, 0.1) is 5.82 Å². The normalized spacial score (nSPS) is 13.0. The van der Waals surface area contributed by atoms with Gasteiger partial charge in [0, 0.05) is 0 Å². The van der Waals surface area contributed by atoms with E-state index in [1.807, 2.05) is 0 Å². The largest absolute Gasteiger partial charge is 0.480 e. The molecule has 0 radical (unpaired) electrons. The second-order valence-electron chi connectivity index (χ2n) is 4.40. The summed E-state index contributed by atoms with van der Waals surface area (Å²) in [5.41, 5.74) is 0.517. The molecule has 1 aromatic carbocycles. The number of sulfonamides is 1. The number of nitrogens with one attached hydrogen (secondary N) is 1. The van der Waals surface area contributed by atoms with Crippen LogP contribution in [0.2, 0.25) is 0 Å². The summed E-state index contributed by atoms with van der Waals surface area (Å²) in [5, 5.41) is 9.20. The van der Waals surface area contributed by atoms with Crippen LogP contribution in [0.5, 0.6) is 0 Å². The van der Waals surface area contributed by atoms with E-state index in [0.29, 0.717) is 9.35 Å². The summed E-state index contributed by atoms with van der Waals surface area (Å²) in [6.07, 6.45) is -0.0820. The first kappa shape index (κ1) is 17.1. The van der Waals surface area contributed by atoms with E-state index < -0.39 is 27.9 Å². The first-order chi connectivity index (χ1) is 10.3. The molecule has 0 aliphatic rings. The Morgan fingerprint density at radius 1 is 1.27 bits per heavy atom. The number of hydrogen-bond donors (Lipinski definition) is 2. The van der Waals surface area contributed by atoms with Crippen LogP contribution in [0.4, 0.5) is 4.39 Å². The lowest BCUT2D eigenvalue weighted by Gasteiger charge is -2.14. The van der Waals surface area contributed by atoms with Crippen molar-refractivity contribution in [1.29, 1.82) is 0 Å². The Bertz CT molecular complexity index is 774. The number of thiophene rings is 1. The predicted molar refractivity (Wildman–Crippen MR) is 83.9 cm³/mol. The molecule has 5 nitrogen and oxygen atoms in total. The first-order valence-corrected chi connectivity index (χ1v) is 9.12. The molecular formula is C13H11BrFNO4S2. The Labute approximate surface area is 139 Å². The average Bonchev–Trinajstić information content (AvgIpc) is 2.88. The molecule has 1 heterocycles. The fraction of sp³-hybridized carbons (Fsp3) is 0.154. The van der Waals surface area contributed by atoms with Crippen molar-refractivity contribution < 1.29 is 22.7 Å². The van der Waals surface area contributed by atoms with Crippen LogP contribution in [-0.2, 0) is 21.2 Å². The van der Waals surface area contributed by atoms with Gasteiger partial charge >= 0.3 is 5.97 Å². The maximum atomic E-state index is 12.8. The van der Waals surface area contributed by atoms with Gasteiger partial charge in [-0.3, -0.25) is 4.79 Å². The molecule has 9 heteroatoms. The zero-order chi connectivity index (χ0) is 16.3. The van der Waals surface area contributed by atoms with Crippen molar-refractivity contribution in [2.45, 2.75) is 16.7 Å². The third-order valence-corrected chi connectivity index (χ3v) is 6.35. The Morgan fingerprint density at radius 2 is 1.91 bits per heavy atom. The van der Waals surface area contributed by atoms with E-state index in [-0.39, 0.29) is 10.6 Å². The number of carboxylic acid groups (broad SMARTS) is 1. The molecule has 0 amide bonds. The number of carboxylic acids is 1. The summed E-state index contributed by atoms with van der Waals surface area (Å²) >= 11 is 4.14. The van der Waals surface area contributed by atoms with Gasteiger partial charge in [-0.2, -0.15) is 4.72 Å². The number of benzene rings is 1. The minimum absolute atomic E-state index is 0.0183. The maximum absolute atomic E-state index is 12.8. The maximum Gasteiger partial charge on any atom is 0.322 e. The molecule has 1 atom stereocenters. The van der Waals surface area contributed by atoms with Gasteiger partial charge < -0.3 is 5.11 Å². The fourth-order valence-corrected chi connectivity index (χ4v) is 4.94. The standard InChI is InChI=1S/C13H11BrFNO4S2/c14-11-5-6-12(21-11)22(19,20)16-10(13(17)18)7-8-1-3-9(15)4-2-8/h1-6,10,16H,7H2,(H,17,18). The number of halogens is 2. The highest BCUT2D eigenvalue weighted by Gasteiger charge is 2.26. The first-order valence-electron chi connectivity index (χ1n) is 6.03. The van der Waals surface area contributed by atoms with Crippen LogP contribution in [0.1, 0.15) is 5.56 Å². The summed E-state index contributed by atoms with van der Waals surface area (Å²) in [7, 11) is -3.93. The average molecular weight is 408 g/mol. The van der Waals surface area contributed by atoms with Crippen molar-refractivity contribution in [3.63, 3.8) is 0 Å². The second kappa shape index (κ2) is 6.86. The zero-order valence-corrected chi connectivity index (χ0v) is 14.2. The molecule has 0 bridgehead atoms. The van der Waals surface area contributed by atoms with Gasteiger partial charge in [0.05, 0.1) is 3.79 Å². The molecule has 0 saturated carbocycles. The fourth-order valence-electron chi connectivity index (χ4n) is 1.72. The van der Waals surface area contributed by atoms with Gasteiger partial charge in [0.15, 0.2) is 0 Å². The topological polar surface area (TPSA) is 83.5 Å². The monoisotopic (exact) mass is 407 g/mol. The predicted octanol–water partition coefficient (Wildman–Crippen LogP) is 2.62. The molecule has 2 aromatic rings. The number of aliphatic carboxylic acids is 1. The molecule has 1 unspecified atom stereocenters. The Morgan fingerprint density at radius 3 is 2.41 bits per heavy atom. The van der Waals surface area contributed by atoms with Gasteiger partial charge in [-0.15, -0.1) is 11.3 Å². The highest BCUT2D eigenvalue weighted by atomic mass is 79.9. The van der Waals surface area contributed by atoms with Crippen molar-refractivity contribution in [2.24, 2.45) is 0 Å². The summed E-state index contributed by atoms with van der Waals surface area (Å²) in [6, 6.07) is 6.83. The zero-order valence-electron chi connectivity index (χ0n) is 11.0. The molecule has 22 heavy (non-hydrogen) atoms. The molecular weight excluding hydrogens is 397 g/mol. The van der Waals surface area contributed by atoms with E-state index in [0.717, 1.165) is 11.3 Å². The summed E-state index contributed by atoms with van der Waals surface area (Å²) in [4.78, 5) is 11.3. The van der Waals surface area contributed by atoms with Gasteiger partial charge in [0.1, 0.15) is 16.1 Å². The van der Waals surface area contributed by atoms with Crippen LogP contribution in [-0.4, -0.2) is 25.5 Å². The number of carbonyl (C=O) groups is 1. The van der Waals surface area contributed by atoms with Gasteiger partial charge in [0.2, 0.25) is 0 Å². The third kappa shape index (κ3) is 4.35. The van der Waals surface area contributed by atoms with Crippen molar-refractivity contribution >= 4 is 43.3 Å². The van der Waals surface area contributed by atoms with Gasteiger partial charge in [-0.1, -0.05) is 12.1 Å². The number of hydrogen-bond acceptors (Lipinski definition) is 4. The smallest absolute Gasteiger partial charge is 0.322 e. The van der Waals surface area contributed by atoms with Crippen LogP contribution < -0.4 is 4.72 Å². The third-order valence-electron chi connectivity index (χ3n) is 2.76. The molecule has 0 saturated heterocycles. The lowest BCUT2D eigenvalue weighted by atomic mass is 10.1. The molecule has 2 N–H and O–H groups in total. The second-order valence-corrected chi connectivity index (χ2v) is 8.81. The molecule has 0 spiro atoms. The minimum Gasteiger partial charge on any atom is -0.480 e. The lowest BCUT2D eigenvalue weighted by molar-refractivity contribution is -0.138. The van der Waals surface area contributed by atoms with E-state index in [2.05, 4.69) is 20.7 Å². The summed E-state index contributed by atoms with van der Waals surface area (Å²) < 4.78 is 40.0. The van der Waals surface area contributed by atoms with E-state index in [4.69, 9.17) is 0 Å². The van der Waals surface area contributed by atoms with Crippen LogP contribution >= 0.6 is 27.3 Å². The Kier molecular flexibility index (Phi) is 5.32. The molecule has 0 fully saturated rings. The van der Waals surface area contributed by atoms with Crippen LogP contribution in [0.3, 0.4) is 0 Å². The van der Waals surface area contributed by atoms with E-state index in [1.54, 1.807) is 6.07 Å². The van der Waals surface area contributed by atoms with E-state index >= 15 is 0 Å². The van der Waals surface area contributed by atoms with Crippen LogP contribution in [0.15, 0.2) is 44.4 Å². The molecule has 2 rings (SSSR count). The Balaban J connectivity index is 2.18. The Hall–Kier alpha value is -1.29. The molecule has 0 aliphatic carbocycles. The molecule has 1 aromatic heterocycles. The summed E-state index contributed by atoms with van der Waals surface area (Å²) in [5.74, 6) is -1.75. The van der Waals surface area contributed by atoms with Crippen molar-refractivity contribution in [3.8, 4) is 0 Å². The number of rotatable bonds is 6. The molecule has 0 aliphatic heterocycles. The molecule has 118 valence electrons. The van der Waals surface area contributed by atoms with Crippen molar-refractivity contribution in [3.05, 3.63) is 51.6 Å². The highest BCUT2D eigenvalue weighted by Crippen LogP contribution is 2.26. The van der Waals surface area contributed by atoms with E-state index in [1.165, 1.54) is 30.3 Å². The highest BCUT2D eigenvalue weighted by molar-refractivity contribution is 9.11. The summed E-state index contributed by atoms with van der Waals surface area (Å²) in [6.45, 7) is 0.